The molecule has 0 heterocycles. The largest absolute Gasteiger partial charge is 0.281 e. The van der Waals surface area contributed by atoms with Crippen molar-refractivity contribution in [1.29, 1.82) is 0 Å². The minimum absolute atomic E-state index is 0.140. The van der Waals surface area contributed by atoms with E-state index in [1.165, 1.54) is 13.8 Å². The van der Waals surface area contributed by atoms with Gasteiger partial charge in [-0.25, -0.2) is 8.42 Å². The number of hydrogen-bond acceptors (Lipinski definition) is 5. The van der Waals surface area contributed by atoms with Crippen LogP contribution in [-0.4, -0.2) is 31.4 Å². The molecule has 9 nitrogen and oxygen atoms in total. The van der Waals surface area contributed by atoms with Crippen molar-refractivity contribution in [1.82, 2.24) is 0 Å². The minimum atomic E-state index is -4.03. The molecule has 0 spiro atoms. The summed E-state index contributed by atoms with van der Waals surface area (Å²) in [6, 6.07) is -1.41. The van der Waals surface area contributed by atoms with Crippen LogP contribution in [-0.2, 0) is 14.6 Å². The average Bonchev–Trinajstić information content (AvgIpc) is 2.50. The molecule has 1 aliphatic rings. The monoisotopic (exact) mass is 328 g/mol. The van der Waals surface area contributed by atoms with Crippen LogP contribution in [0.5, 0.6) is 0 Å². The van der Waals surface area contributed by atoms with E-state index in [0.717, 1.165) is 19.3 Å². The van der Waals surface area contributed by atoms with Gasteiger partial charge in [-0.2, -0.15) is 0 Å². The first kappa shape index (κ1) is 18.3. The second-order valence-electron chi connectivity index (χ2n) is 6.11. The zero-order chi connectivity index (χ0) is 16.8. The SMILES string of the molecule is CC(C)(CN=[N+]=[N-])C(N=[N+]=[N-])C(=O)S(=O)(=O)C1CCCCC1. The van der Waals surface area contributed by atoms with Gasteiger partial charge in [0, 0.05) is 16.4 Å². The Labute approximate surface area is 129 Å². The van der Waals surface area contributed by atoms with E-state index in [4.69, 9.17) is 11.1 Å². The summed E-state index contributed by atoms with van der Waals surface area (Å²) < 4.78 is 25.0. The summed E-state index contributed by atoms with van der Waals surface area (Å²) in [5, 5.41) is 4.97. The maximum Gasteiger partial charge on any atom is 0.256 e. The number of rotatable bonds is 6. The highest BCUT2D eigenvalue weighted by Gasteiger charge is 2.43. The number of azide groups is 2. The first-order valence-electron chi connectivity index (χ1n) is 7.10. The van der Waals surface area contributed by atoms with Crippen molar-refractivity contribution in [3.05, 3.63) is 20.9 Å². The second kappa shape index (κ2) is 7.49. The molecule has 10 heteroatoms. The number of nitrogens with zero attached hydrogens (tertiary/aromatic N) is 6. The summed E-state index contributed by atoms with van der Waals surface area (Å²) >= 11 is 0. The first-order chi connectivity index (χ1) is 10.3. The Bertz CT molecular complexity index is 611. The van der Waals surface area contributed by atoms with Crippen molar-refractivity contribution in [2.24, 2.45) is 15.6 Å². The van der Waals surface area contributed by atoms with E-state index in [9.17, 15) is 13.2 Å². The van der Waals surface area contributed by atoms with Crippen LogP contribution in [0, 0.1) is 5.41 Å². The summed E-state index contributed by atoms with van der Waals surface area (Å²) in [4.78, 5) is 17.7. The molecule has 22 heavy (non-hydrogen) atoms. The van der Waals surface area contributed by atoms with Gasteiger partial charge >= 0.3 is 0 Å². The zero-order valence-electron chi connectivity index (χ0n) is 12.7. The number of carbonyl (C=O) groups is 1. The molecule has 1 rings (SSSR count). The van der Waals surface area contributed by atoms with Gasteiger partial charge in [-0.3, -0.25) is 4.79 Å². The molecule has 0 radical (unpaired) electrons. The van der Waals surface area contributed by atoms with E-state index < -0.39 is 31.7 Å². The highest BCUT2D eigenvalue weighted by atomic mass is 32.2. The summed E-state index contributed by atoms with van der Waals surface area (Å²) in [5.74, 6) is 0. The number of sulfone groups is 1. The molecule has 1 unspecified atom stereocenters. The number of carbonyl (C=O) groups excluding carboxylic acids is 1. The predicted molar refractivity (Wildman–Crippen MR) is 81.5 cm³/mol. The quantitative estimate of drug-likeness (QED) is 0.418. The van der Waals surface area contributed by atoms with E-state index in [0.29, 0.717) is 12.8 Å². The van der Waals surface area contributed by atoms with Crippen molar-refractivity contribution in [3.8, 4) is 0 Å². The van der Waals surface area contributed by atoms with Crippen LogP contribution in [0.3, 0.4) is 0 Å². The molecule has 1 aliphatic carbocycles. The lowest BCUT2D eigenvalue weighted by Crippen LogP contribution is -2.44. The van der Waals surface area contributed by atoms with Crippen LogP contribution in [0.25, 0.3) is 20.9 Å². The van der Waals surface area contributed by atoms with Crippen molar-refractivity contribution in [2.45, 2.75) is 57.2 Å². The fourth-order valence-electron chi connectivity index (χ4n) is 2.57. The van der Waals surface area contributed by atoms with Gasteiger partial charge in [0.25, 0.3) is 5.12 Å². The normalized spacial score (nSPS) is 17.9. The lowest BCUT2D eigenvalue weighted by molar-refractivity contribution is -0.115. The maximum absolute atomic E-state index is 12.5. The molecule has 0 aromatic heterocycles. The molecule has 122 valence electrons. The third-order valence-corrected chi connectivity index (χ3v) is 6.08. The third-order valence-electron chi connectivity index (χ3n) is 3.94. The number of hydrogen-bond donors (Lipinski definition) is 0. The van der Waals surface area contributed by atoms with Crippen LogP contribution in [0.4, 0.5) is 0 Å². The topological polar surface area (TPSA) is 149 Å². The molecule has 1 atom stereocenters. The van der Waals surface area contributed by atoms with Crippen molar-refractivity contribution in [2.75, 3.05) is 6.54 Å². The van der Waals surface area contributed by atoms with Gasteiger partial charge < -0.3 is 0 Å². The summed E-state index contributed by atoms with van der Waals surface area (Å²) in [6.07, 6.45) is 3.40. The molecule has 0 amide bonds. The summed E-state index contributed by atoms with van der Waals surface area (Å²) in [5.41, 5.74) is 16.0. The van der Waals surface area contributed by atoms with Gasteiger partial charge in [-0.05, 0) is 29.3 Å². The molecule has 0 N–H and O–H groups in total. The average molecular weight is 328 g/mol. The van der Waals surface area contributed by atoms with E-state index >= 15 is 0 Å². The van der Waals surface area contributed by atoms with E-state index in [1.54, 1.807) is 0 Å². The van der Waals surface area contributed by atoms with Crippen LogP contribution in [0.15, 0.2) is 10.2 Å². The standard InChI is InChI=1S/C12H20N6O3S/c1-12(2,8-15-17-13)10(16-18-14)11(19)22(20,21)9-6-4-3-5-7-9/h9-10H,3-8H2,1-2H3. The fraction of sp³-hybridized carbons (Fsp3) is 0.917. The van der Waals surface area contributed by atoms with Crippen molar-refractivity contribution >= 4 is 15.0 Å². The van der Waals surface area contributed by atoms with Crippen LogP contribution < -0.4 is 0 Å². The van der Waals surface area contributed by atoms with Crippen LogP contribution in [0.1, 0.15) is 46.0 Å². The lowest BCUT2D eigenvalue weighted by Gasteiger charge is -2.30. The molecule has 0 aromatic rings. The lowest BCUT2D eigenvalue weighted by atomic mass is 9.86. The van der Waals surface area contributed by atoms with E-state index in [2.05, 4.69) is 20.1 Å². The second-order valence-corrected chi connectivity index (χ2v) is 8.27. The Hall–Kier alpha value is -1.76. The van der Waals surface area contributed by atoms with Gasteiger partial charge in [0.15, 0.2) is 0 Å². The Morgan fingerprint density at radius 1 is 1.23 bits per heavy atom. The Kier molecular flexibility index (Phi) is 6.22. The summed E-state index contributed by atoms with van der Waals surface area (Å²) in [7, 11) is -4.03. The molecule has 0 aliphatic heterocycles. The van der Waals surface area contributed by atoms with Crippen LogP contribution in [0.2, 0.25) is 0 Å². The Morgan fingerprint density at radius 3 is 2.32 bits per heavy atom. The van der Waals surface area contributed by atoms with Gasteiger partial charge in [0.2, 0.25) is 9.84 Å². The highest BCUT2D eigenvalue weighted by Crippen LogP contribution is 2.31. The molecular formula is C12H20N6O3S. The third kappa shape index (κ3) is 4.13. The molecule has 1 fully saturated rings. The zero-order valence-corrected chi connectivity index (χ0v) is 13.5. The minimum Gasteiger partial charge on any atom is -0.281 e. The Balaban J connectivity index is 3.11. The Morgan fingerprint density at radius 2 is 1.82 bits per heavy atom. The maximum atomic E-state index is 12.5. The molecule has 0 saturated heterocycles. The smallest absolute Gasteiger partial charge is 0.256 e. The predicted octanol–water partition coefficient (Wildman–Crippen LogP) is 3.28. The summed E-state index contributed by atoms with van der Waals surface area (Å²) in [6.45, 7) is 2.93. The van der Waals surface area contributed by atoms with Crippen LogP contribution >= 0.6 is 0 Å². The van der Waals surface area contributed by atoms with Gasteiger partial charge in [0.05, 0.1) is 5.25 Å². The first-order valence-corrected chi connectivity index (χ1v) is 8.65. The van der Waals surface area contributed by atoms with Gasteiger partial charge in [-0.15, -0.1) is 0 Å². The molecular weight excluding hydrogens is 308 g/mol. The molecule has 0 bridgehead atoms. The van der Waals surface area contributed by atoms with E-state index in [1.807, 2.05) is 0 Å². The van der Waals surface area contributed by atoms with Gasteiger partial charge in [0.1, 0.15) is 6.04 Å². The van der Waals surface area contributed by atoms with E-state index in [-0.39, 0.29) is 6.54 Å². The van der Waals surface area contributed by atoms with Crippen molar-refractivity contribution < 1.29 is 13.2 Å². The highest BCUT2D eigenvalue weighted by molar-refractivity contribution is 8.06. The fourth-order valence-corrected chi connectivity index (χ4v) is 4.53. The molecule has 0 aromatic carbocycles. The van der Waals surface area contributed by atoms with Crippen molar-refractivity contribution in [3.63, 3.8) is 0 Å². The molecule has 1 saturated carbocycles. The van der Waals surface area contributed by atoms with Gasteiger partial charge in [-0.1, -0.05) is 43.3 Å².